The van der Waals surface area contributed by atoms with Crippen molar-refractivity contribution in [1.82, 2.24) is 0 Å². The van der Waals surface area contributed by atoms with E-state index in [0.29, 0.717) is 0 Å². The average Bonchev–Trinajstić information content (AvgIpc) is 2.80. The second-order valence-corrected chi connectivity index (χ2v) is 10.6. The molecule has 0 saturated carbocycles. The predicted molar refractivity (Wildman–Crippen MR) is 137 cm³/mol. The fourth-order valence-electron chi connectivity index (χ4n) is 4.30. The third kappa shape index (κ3) is 10.5. The topological polar surface area (TPSA) is 43.4 Å². The Morgan fingerprint density at radius 1 is 0.594 bits per heavy atom. The highest BCUT2D eigenvalue weighted by Gasteiger charge is 2.17. The minimum Gasteiger partial charge on any atom is -0.266 e. The molecule has 2 rings (SSSR count). The smallest absolute Gasteiger partial charge is 0.266 e. The van der Waals surface area contributed by atoms with Gasteiger partial charge in [0.1, 0.15) is 4.90 Å². The Balaban J connectivity index is 1.45. The zero-order valence-electron chi connectivity index (χ0n) is 20.2. The lowest BCUT2D eigenvalue weighted by atomic mass is 10.0. The van der Waals surface area contributed by atoms with Crippen molar-refractivity contribution in [3.8, 4) is 0 Å². The molecule has 0 heterocycles. The third-order valence-electron chi connectivity index (χ3n) is 6.26. The number of hydrogen-bond donors (Lipinski definition) is 0. The van der Waals surface area contributed by atoms with Crippen LogP contribution in [0.3, 0.4) is 0 Å². The van der Waals surface area contributed by atoms with Crippen LogP contribution in [0, 0.1) is 0 Å². The van der Waals surface area contributed by atoms with Gasteiger partial charge in [0.25, 0.3) is 10.1 Å². The van der Waals surface area contributed by atoms with Crippen LogP contribution in [0.4, 0.5) is 0 Å². The van der Waals surface area contributed by atoms with Gasteiger partial charge in [0.2, 0.25) is 0 Å². The summed E-state index contributed by atoms with van der Waals surface area (Å²) in [5, 5.41) is 1.64. The molecule has 0 aliphatic heterocycles. The molecule has 180 valence electrons. The molecule has 0 unspecified atom stereocenters. The molecule has 0 N–H and O–H groups in total. The summed E-state index contributed by atoms with van der Waals surface area (Å²) in [6.45, 7) is 2.54. The maximum Gasteiger partial charge on any atom is 0.297 e. The molecule has 0 aliphatic carbocycles. The van der Waals surface area contributed by atoms with Crippen molar-refractivity contribution in [3.63, 3.8) is 0 Å². The van der Waals surface area contributed by atoms with Gasteiger partial charge < -0.3 is 0 Å². The van der Waals surface area contributed by atoms with Gasteiger partial charge in [-0.05, 0) is 17.9 Å². The Morgan fingerprint density at radius 2 is 1.06 bits per heavy atom. The highest BCUT2D eigenvalue weighted by Crippen LogP contribution is 2.24. The van der Waals surface area contributed by atoms with Crippen molar-refractivity contribution in [2.45, 2.75) is 115 Å². The van der Waals surface area contributed by atoms with Crippen LogP contribution in [0.25, 0.3) is 10.8 Å². The molecule has 4 heteroatoms. The first-order chi connectivity index (χ1) is 15.6. The molecule has 2 aromatic carbocycles. The van der Waals surface area contributed by atoms with Crippen LogP contribution in [0.1, 0.15) is 110 Å². The molecule has 0 radical (unpaired) electrons. The van der Waals surface area contributed by atoms with E-state index in [0.717, 1.165) is 30.0 Å². The predicted octanol–water partition coefficient (Wildman–Crippen LogP) is 8.81. The largest absolute Gasteiger partial charge is 0.297 e. The van der Waals surface area contributed by atoms with Crippen molar-refractivity contribution >= 4 is 20.9 Å². The maximum atomic E-state index is 12.6. The van der Waals surface area contributed by atoms with Gasteiger partial charge in [0, 0.05) is 5.39 Å². The maximum absolute atomic E-state index is 12.6. The van der Waals surface area contributed by atoms with Crippen molar-refractivity contribution in [2.75, 3.05) is 6.61 Å². The summed E-state index contributed by atoms with van der Waals surface area (Å²) in [7, 11) is -3.71. The lowest BCUT2D eigenvalue weighted by Crippen LogP contribution is -2.08. The number of fused-ring (bicyclic) bond motifs is 1. The van der Waals surface area contributed by atoms with Crippen LogP contribution in [0.15, 0.2) is 47.4 Å². The van der Waals surface area contributed by atoms with E-state index in [4.69, 9.17) is 4.18 Å². The molecule has 2 aromatic rings. The highest BCUT2D eigenvalue weighted by molar-refractivity contribution is 7.87. The number of rotatable bonds is 19. The summed E-state index contributed by atoms with van der Waals surface area (Å²) in [6, 6.07) is 12.8. The van der Waals surface area contributed by atoms with E-state index in [2.05, 4.69) is 6.92 Å². The number of unbranched alkanes of at least 4 members (excludes halogenated alkanes) is 15. The molecular weight excluding hydrogens is 416 g/mol. The third-order valence-corrected chi connectivity index (χ3v) is 7.63. The van der Waals surface area contributed by atoms with Crippen LogP contribution in [0.2, 0.25) is 0 Å². The quantitative estimate of drug-likeness (QED) is 0.155. The summed E-state index contributed by atoms with van der Waals surface area (Å²) in [5.74, 6) is 0. The lowest BCUT2D eigenvalue weighted by molar-refractivity contribution is 0.306. The molecular formula is C28H44O3S. The summed E-state index contributed by atoms with van der Waals surface area (Å²) >= 11 is 0. The molecule has 32 heavy (non-hydrogen) atoms. The summed E-state index contributed by atoms with van der Waals surface area (Å²) in [4.78, 5) is 0.270. The van der Waals surface area contributed by atoms with Crippen molar-refractivity contribution in [3.05, 3.63) is 42.5 Å². The molecule has 0 amide bonds. The fraction of sp³-hybridized carbons (Fsp3) is 0.643. The van der Waals surface area contributed by atoms with Gasteiger partial charge in [0.15, 0.2) is 0 Å². The van der Waals surface area contributed by atoms with Crippen LogP contribution in [0.5, 0.6) is 0 Å². The Hall–Kier alpha value is -1.39. The molecule has 0 atom stereocenters. The zero-order valence-corrected chi connectivity index (χ0v) is 21.0. The Labute approximate surface area is 197 Å². The van der Waals surface area contributed by atoms with E-state index in [1.165, 1.54) is 83.5 Å². The normalized spacial score (nSPS) is 11.9. The van der Waals surface area contributed by atoms with Gasteiger partial charge in [-0.3, -0.25) is 4.18 Å². The minimum absolute atomic E-state index is 0.268. The SMILES string of the molecule is CCCCCCCCCCCCCCCCCCOS(=O)(=O)c1cccc2ccccc12. The van der Waals surface area contributed by atoms with E-state index in [1.807, 2.05) is 30.3 Å². The van der Waals surface area contributed by atoms with Crippen molar-refractivity contribution < 1.29 is 12.6 Å². The van der Waals surface area contributed by atoms with E-state index >= 15 is 0 Å². The van der Waals surface area contributed by atoms with E-state index in [-0.39, 0.29) is 11.5 Å². The Morgan fingerprint density at radius 3 is 1.62 bits per heavy atom. The van der Waals surface area contributed by atoms with Crippen LogP contribution < -0.4 is 0 Å². The van der Waals surface area contributed by atoms with Gasteiger partial charge >= 0.3 is 0 Å². The highest BCUT2D eigenvalue weighted by atomic mass is 32.2. The molecule has 0 spiro atoms. The first-order valence-corrected chi connectivity index (χ1v) is 14.4. The molecule has 3 nitrogen and oxygen atoms in total. The first-order valence-electron chi connectivity index (χ1n) is 13.0. The Bertz CT molecular complexity index is 839. The van der Waals surface area contributed by atoms with Crippen molar-refractivity contribution in [2.24, 2.45) is 0 Å². The molecule has 0 fully saturated rings. The van der Waals surface area contributed by atoms with Crippen LogP contribution in [-0.4, -0.2) is 15.0 Å². The number of hydrogen-bond acceptors (Lipinski definition) is 3. The summed E-state index contributed by atoms with van der Waals surface area (Å²) < 4.78 is 30.5. The summed E-state index contributed by atoms with van der Waals surface area (Å²) in [6.07, 6.45) is 20.8. The van der Waals surface area contributed by atoms with E-state index in [1.54, 1.807) is 12.1 Å². The Kier molecular flexibility index (Phi) is 13.6. The fourth-order valence-corrected chi connectivity index (χ4v) is 5.46. The van der Waals surface area contributed by atoms with Crippen molar-refractivity contribution in [1.29, 1.82) is 0 Å². The van der Waals surface area contributed by atoms with E-state index < -0.39 is 10.1 Å². The van der Waals surface area contributed by atoms with Gasteiger partial charge in [-0.15, -0.1) is 0 Å². The monoisotopic (exact) mass is 460 g/mol. The van der Waals surface area contributed by atoms with E-state index in [9.17, 15) is 8.42 Å². The first kappa shape index (κ1) is 26.9. The van der Waals surface area contributed by atoms with Crippen LogP contribution in [-0.2, 0) is 14.3 Å². The average molecular weight is 461 g/mol. The van der Waals surface area contributed by atoms with Crippen LogP contribution >= 0.6 is 0 Å². The molecule has 0 saturated heterocycles. The van der Waals surface area contributed by atoms with Gasteiger partial charge in [0.05, 0.1) is 6.61 Å². The molecule has 0 aromatic heterocycles. The second kappa shape index (κ2) is 16.3. The second-order valence-electron chi connectivity index (χ2n) is 9.06. The molecule has 0 aliphatic rings. The summed E-state index contributed by atoms with van der Waals surface area (Å²) in [5.41, 5.74) is 0. The van der Waals surface area contributed by atoms with Gasteiger partial charge in [-0.2, -0.15) is 8.42 Å². The zero-order chi connectivity index (χ0) is 22.9. The standard InChI is InChI=1S/C28H44O3S/c1-2-3-4-5-6-7-8-9-10-11-12-13-14-15-16-19-25-31-32(29,30)28-24-20-22-26-21-17-18-23-27(26)28/h17-18,20-24H,2-16,19,25H2,1H3. The molecule has 0 bridgehead atoms. The van der Waals surface area contributed by atoms with Gasteiger partial charge in [-0.25, -0.2) is 0 Å². The van der Waals surface area contributed by atoms with Gasteiger partial charge in [-0.1, -0.05) is 140 Å². The lowest BCUT2D eigenvalue weighted by Gasteiger charge is -2.08. The number of benzene rings is 2. The minimum atomic E-state index is -3.71.